The molecule has 0 amide bonds. The maximum Gasteiger partial charge on any atom is 0.143 e. The van der Waals surface area contributed by atoms with Crippen molar-refractivity contribution in [1.29, 1.82) is 0 Å². The maximum absolute atomic E-state index is 4.36. The van der Waals surface area contributed by atoms with Gasteiger partial charge in [-0.1, -0.05) is 0 Å². The zero-order chi connectivity index (χ0) is 15.8. The minimum absolute atomic E-state index is 0.787. The molecule has 116 valence electrons. The number of anilines is 2. The second-order valence-corrected chi connectivity index (χ2v) is 5.79. The number of aromatic amines is 2. The van der Waals surface area contributed by atoms with Crippen molar-refractivity contribution in [3.8, 4) is 0 Å². The molecule has 1 aromatic carbocycles. The number of hydrogen-bond donors (Lipinski definition) is 3. The molecule has 23 heavy (non-hydrogen) atoms. The predicted molar refractivity (Wildman–Crippen MR) is 90.7 cm³/mol. The van der Waals surface area contributed by atoms with Crippen LogP contribution in [0.2, 0.25) is 0 Å². The van der Waals surface area contributed by atoms with Gasteiger partial charge in [0.15, 0.2) is 0 Å². The maximum atomic E-state index is 4.36. The second-order valence-electron chi connectivity index (χ2n) is 5.79. The molecule has 0 aliphatic heterocycles. The number of aromatic nitrogens is 5. The van der Waals surface area contributed by atoms with E-state index < -0.39 is 0 Å². The van der Waals surface area contributed by atoms with Gasteiger partial charge in [0.25, 0.3) is 0 Å². The Bertz CT molecular complexity index is 967. The summed E-state index contributed by atoms with van der Waals surface area (Å²) in [6.07, 6.45) is 5.26. The zero-order valence-corrected chi connectivity index (χ0v) is 13.0. The summed E-state index contributed by atoms with van der Waals surface area (Å²) in [6.45, 7) is 0.831. The van der Waals surface area contributed by atoms with Crippen LogP contribution in [0.25, 0.3) is 21.9 Å². The van der Waals surface area contributed by atoms with E-state index in [0.717, 1.165) is 40.0 Å². The number of H-pyrrole nitrogens is 2. The van der Waals surface area contributed by atoms with Crippen molar-refractivity contribution in [2.75, 3.05) is 19.4 Å². The summed E-state index contributed by atoms with van der Waals surface area (Å²) in [4.78, 5) is 13.8. The Morgan fingerprint density at radius 3 is 3.00 bits per heavy atom. The molecule has 0 bridgehead atoms. The van der Waals surface area contributed by atoms with Gasteiger partial charge in [-0.3, -0.25) is 5.10 Å². The topological polar surface area (TPSA) is 85.5 Å². The van der Waals surface area contributed by atoms with Gasteiger partial charge in [-0.15, -0.1) is 0 Å². The van der Waals surface area contributed by atoms with E-state index in [0.29, 0.717) is 0 Å². The van der Waals surface area contributed by atoms with Crippen molar-refractivity contribution < 1.29 is 0 Å². The van der Waals surface area contributed by atoms with Gasteiger partial charge in [-0.2, -0.15) is 5.10 Å². The quantitative estimate of drug-likeness (QED) is 0.539. The van der Waals surface area contributed by atoms with E-state index in [9.17, 15) is 0 Å². The third-order valence-corrected chi connectivity index (χ3v) is 3.73. The lowest BCUT2D eigenvalue weighted by Crippen LogP contribution is -2.11. The number of nitrogens with one attached hydrogen (secondary N) is 3. The molecule has 0 fully saturated rings. The van der Waals surface area contributed by atoms with Crippen LogP contribution in [0.3, 0.4) is 0 Å². The molecule has 0 radical (unpaired) electrons. The molecular formula is C16H17N7. The minimum Gasteiger partial charge on any atom is -0.346 e. The average molecular weight is 307 g/mol. The lowest BCUT2D eigenvalue weighted by Gasteiger charge is -2.13. The highest BCUT2D eigenvalue weighted by atomic mass is 15.1. The zero-order valence-electron chi connectivity index (χ0n) is 13.0. The van der Waals surface area contributed by atoms with E-state index in [2.05, 4.69) is 61.6 Å². The number of fused-ring (bicyclic) bond motifs is 2. The van der Waals surface area contributed by atoms with E-state index in [1.165, 1.54) is 5.56 Å². The van der Waals surface area contributed by atoms with Crippen LogP contribution in [0.4, 0.5) is 11.5 Å². The Hall–Kier alpha value is -2.93. The predicted octanol–water partition coefficient (Wildman–Crippen LogP) is 2.64. The molecule has 4 rings (SSSR count). The number of rotatable bonds is 4. The fourth-order valence-corrected chi connectivity index (χ4v) is 2.78. The van der Waals surface area contributed by atoms with E-state index in [1.807, 2.05) is 18.5 Å². The molecule has 3 N–H and O–H groups in total. The summed E-state index contributed by atoms with van der Waals surface area (Å²) < 4.78 is 0. The Morgan fingerprint density at radius 1 is 1.22 bits per heavy atom. The van der Waals surface area contributed by atoms with Crippen molar-refractivity contribution in [3.63, 3.8) is 0 Å². The van der Waals surface area contributed by atoms with Crippen LogP contribution >= 0.6 is 0 Å². The van der Waals surface area contributed by atoms with Gasteiger partial charge in [0.05, 0.1) is 17.1 Å². The summed E-state index contributed by atoms with van der Waals surface area (Å²) >= 11 is 0. The van der Waals surface area contributed by atoms with Crippen LogP contribution in [0, 0.1) is 0 Å². The molecule has 4 aromatic rings. The van der Waals surface area contributed by atoms with Crippen LogP contribution in [0.1, 0.15) is 5.56 Å². The van der Waals surface area contributed by atoms with Crippen molar-refractivity contribution >= 4 is 33.4 Å². The van der Waals surface area contributed by atoms with Crippen molar-refractivity contribution in [1.82, 2.24) is 30.0 Å². The van der Waals surface area contributed by atoms with E-state index in [-0.39, 0.29) is 0 Å². The highest BCUT2D eigenvalue weighted by Gasteiger charge is 2.10. The molecular weight excluding hydrogens is 290 g/mol. The van der Waals surface area contributed by atoms with Crippen LogP contribution in [0.5, 0.6) is 0 Å². The summed E-state index contributed by atoms with van der Waals surface area (Å²) in [7, 11) is 4.10. The minimum atomic E-state index is 0.787. The molecule has 7 heteroatoms. The first-order chi connectivity index (χ1) is 11.2. The van der Waals surface area contributed by atoms with Crippen LogP contribution < -0.4 is 5.32 Å². The number of nitrogens with zero attached hydrogens (tertiary/aromatic N) is 4. The van der Waals surface area contributed by atoms with E-state index in [4.69, 9.17) is 0 Å². The third-order valence-electron chi connectivity index (χ3n) is 3.73. The second kappa shape index (κ2) is 5.36. The van der Waals surface area contributed by atoms with Gasteiger partial charge >= 0.3 is 0 Å². The van der Waals surface area contributed by atoms with Crippen LogP contribution in [-0.4, -0.2) is 44.1 Å². The van der Waals surface area contributed by atoms with Crippen LogP contribution in [0.15, 0.2) is 36.9 Å². The number of hydrogen-bond acceptors (Lipinski definition) is 5. The van der Waals surface area contributed by atoms with Gasteiger partial charge < -0.3 is 15.2 Å². The van der Waals surface area contributed by atoms with Gasteiger partial charge in [-0.05, 0) is 37.9 Å². The molecule has 3 aromatic heterocycles. The van der Waals surface area contributed by atoms with Crippen LogP contribution in [-0.2, 0) is 6.54 Å². The van der Waals surface area contributed by atoms with E-state index in [1.54, 1.807) is 6.33 Å². The van der Waals surface area contributed by atoms with E-state index >= 15 is 0 Å². The van der Waals surface area contributed by atoms with Crippen molar-refractivity contribution in [2.45, 2.75) is 6.54 Å². The number of benzene rings is 1. The third kappa shape index (κ3) is 2.51. The highest BCUT2D eigenvalue weighted by Crippen LogP contribution is 2.27. The van der Waals surface area contributed by atoms with Crippen molar-refractivity contribution in [2.24, 2.45) is 0 Å². The first kappa shape index (κ1) is 13.7. The Morgan fingerprint density at radius 2 is 2.13 bits per heavy atom. The van der Waals surface area contributed by atoms with Gasteiger partial charge in [0.2, 0.25) is 0 Å². The lowest BCUT2D eigenvalue weighted by atomic mass is 10.1. The first-order valence-electron chi connectivity index (χ1n) is 7.36. The molecule has 3 heterocycles. The molecule has 0 unspecified atom stereocenters. The molecule has 7 nitrogen and oxygen atoms in total. The van der Waals surface area contributed by atoms with Gasteiger partial charge in [0.1, 0.15) is 17.8 Å². The average Bonchev–Trinajstić information content (AvgIpc) is 3.15. The van der Waals surface area contributed by atoms with Gasteiger partial charge in [0, 0.05) is 23.8 Å². The first-order valence-corrected chi connectivity index (χ1v) is 7.36. The highest BCUT2D eigenvalue weighted by molar-refractivity contribution is 5.91. The normalized spacial score (nSPS) is 11.6. The summed E-state index contributed by atoms with van der Waals surface area (Å²) in [5.41, 5.74) is 4.06. The molecule has 0 aliphatic carbocycles. The summed E-state index contributed by atoms with van der Waals surface area (Å²) in [5, 5.41) is 12.7. The monoisotopic (exact) mass is 307 g/mol. The Labute approximate surface area is 132 Å². The standard InChI is InChI=1S/C16H17N7/c1-23(2)8-11-6-12(5-10-7-20-22-14(10)11)21-16-13-3-4-17-15(13)18-9-19-16/h3-7,9H,8H2,1-2H3,(H,20,22)(H2,17,18,19,21). The molecule has 0 aliphatic rings. The fourth-order valence-electron chi connectivity index (χ4n) is 2.78. The fraction of sp³-hybridized carbons (Fsp3) is 0.188. The molecule has 0 saturated carbocycles. The Kier molecular flexibility index (Phi) is 3.20. The lowest BCUT2D eigenvalue weighted by molar-refractivity contribution is 0.404. The summed E-state index contributed by atoms with van der Waals surface area (Å²) in [6, 6.07) is 6.16. The Balaban J connectivity index is 1.78. The molecule has 0 saturated heterocycles. The summed E-state index contributed by atoms with van der Waals surface area (Å²) in [5.74, 6) is 0.787. The van der Waals surface area contributed by atoms with Crippen molar-refractivity contribution in [3.05, 3.63) is 42.5 Å². The molecule has 0 atom stereocenters. The van der Waals surface area contributed by atoms with Gasteiger partial charge in [-0.25, -0.2) is 9.97 Å². The largest absolute Gasteiger partial charge is 0.346 e. The molecule has 0 spiro atoms. The SMILES string of the molecule is CN(C)Cc1cc(Nc2ncnc3[nH]ccc23)cc2cn[nH]c12. The smallest absolute Gasteiger partial charge is 0.143 e.